The van der Waals surface area contributed by atoms with Crippen LogP contribution >= 0.6 is 23.2 Å². The molecule has 7 heteroatoms. The summed E-state index contributed by atoms with van der Waals surface area (Å²) in [5.74, 6) is 0. The third kappa shape index (κ3) is 4.76. The summed E-state index contributed by atoms with van der Waals surface area (Å²) in [6, 6.07) is 20.5. The Bertz CT molecular complexity index is 1560. The number of halogens is 2. The average molecular weight is 485 g/mol. The number of hydrogen-bond acceptors (Lipinski definition) is 4. The first-order valence-electron chi connectivity index (χ1n) is 10.6. The van der Waals surface area contributed by atoms with Crippen LogP contribution in [0, 0.1) is 0 Å². The summed E-state index contributed by atoms with van der Waals surface area (Å²) in [5.41, 5.74) is 4.79. The summed E-state index contributed by atoms with van der Waals surface area (Å²) >= 11 is 12.2. The molecule has 0 saturated carbocycles. The fourth-order valence-electron chi connectivity index (χ4n) is 3.75. The van der Waals surface area contributed by atoms with E-state index in [0.717, 1.165) is 16.7 Å². The molecule has 0 N–H and O–H groups in total. The van der Waals surface area contributed by atoms with Crippen molar-refractivity contribution >= 4 is 46.5 Å². The molecule has 0 atom stereocenters. The zero-order chi connectivity index (χ0) is 23.5. The van der Waals surface area contributed by atoms with Crippen molar-refractivity contribution in [3.63, 3.8) is 0 Å². The molecule has 3 heterocycles. The minimum absolute atomic E-state index is 0.210. The number of pyridine rings is 2. The Kier molecular flexibility index (Phi) is 6.21. The van der Waals surface area contributed by atoms with Crippen LogP contribution in [0.25, 0.3) is 29.0 Å². The van der Waals surface area contributed by atoms with E-state index in [0.29, 0.717) is 39.0 Å². The lowest BCUT2D eigenvalue weighted by Crippen LogP contribution is -2.25. The van der Waals surface area contributed by atoms with Gasteiger partial charge in [0.15, 0.2) is 5.65 Å². The van der Waals surface area contributed by atoms with Crippen molar-refractivity contribution in [1.29, 1.82) is 0 Å². The van der Waals surface area contributed by atoms with Crippen LogP contribution in [0.5, 0.6) is 0 Å². The van der Waals surface area contributed by atoms with Gasteiger partial charge in [0, 0.05) is 35.1 Å². The monoisotopic (exact) mass is 484 g/mol. The molecule has 0 fully saturated rings. The summed E-state index contributed by atoms with van der Waals surface area (Å²) in [6.45, 7) is 0. The maximum atomic E-state index is 13.5. The van der Waals surface area contributed by atoms with Gasteiger partial charge in [-0.3, -0.25) is 14.3 Å². The number of nitrogens with zero attached hydrogens (tertiary/aromatic N) is 4. The molecule has 0 spiro atoms. The predicted octanol–water partition coefficient (Wildman–Crippen LogP) is 6.24. The second-order valence-corrected chi connectivity index (χ2v) is 8.59. The molecule has 0 aliphatic rings. The molecule has 34 heavy (non-hydrogen) atoms. The van der Waals surface area contributed by atoms with Gasteiger partial charge in [0.25, 0.3) is 5.56 Å². The minimum atomic E-state index is -0.210. The first kappa shape index (κ1) is 22.0. The Hall–Kier alpha value is -3.80. The van der Waals surface area contributed by atoms with Crippen molar-refractivity contribution in [3.05, 3.63) is 128 Å². The number of aromatic nitrogens is 4. The first-order valence-corrected chi connectivity index (χ1v) is 11.3. The number of hydrogen-bond donors (Lipinski definition) is 0. The van der Waals surface area contributed by atoms with E-state index in [9.17, 15) is 4.79 Å². The van der Waals surface area contributed by atoms with E-state index in [1.807, 2.05) is 72.8 Å². The smallest absolute Gasteiger partial charge is 0.267 e. The average Bonchev–Trinajstić information content (AvgIpc) is 2.84. The molecule has 0 aliphatic heterocycles. The number of benzene rings is 2. The number of rotatable bonds is 5. The third-order valence-corrected chi connectivity index (χ3v) is 5.70. The Morgan fingerprint density at radius 2 is 1.65 bits per heavy atom. The zero-order valence-corrected chi connectivity index (χ0v) is 19.4. The van der Waals surface area contributed by atoms with E-state index in [1.165, 1.54) is 0 Å². The molecule has 166 valence electrons. The molecular formula is C27H18Cl2N4O. The highest BCUT2D eigenvalue weighted by molar-refractivity contribution is 6.34. The zero-order valence-electron chi connectivity index (χ0n) is 17.9. The Morgan fingerprint density at radius 1 is 0.853 bits per heavy atom. The molecular weight excluding hydrogens is 467 g/mol. The normalized spacial score (nSPS) is 11.4. The van der Waals surface area contributed by atoms with Crippen molar-refractivity contribution in [2.75, 3.05) is 0 Å². The maximum Gasteiger partial charge on any atom is 0.278 e. The van der Waals surface area contributed by atoms with Crippen LogP contribution in [0.2, 0.25) is 10.0 Å². The molecule has 0 amide bonds. The fraction of sp³-hybridized carbons (Fsp3) is 0.0370. The van der Waals surface area contributed by atoms with Gasteiger partial charge < -0.3 is 0 Å². The molecule has 0 unspecified atom stereocenters. The van der Waals surface area contributed by atoms with Crippen LogP contribution in [0.15, 0.2) is 90.1 Å². The van der Waals surface area contributed by atoms with Crippen LogP contribution in [-0.4, -0.2) is 19.5 Å². The van der Waals surface area contributed by atoms with Gasteiger partial charge in [0.1, 0.15) is 11.2 Å². The summed E-state index contributed by atoms with van der Waals surface area (Å²) in [7, 11) is 0. The van der Waals surface area contributed by atoms with E-state index in [1.54, 1.807) is 29.2 Å². The van der Waals surface area contributed by atoms with Crippen LogP contribution in [0.4, 0.5) is 0 Å². The van der Waals surface area contributed by atoms with Crippen LogP contribution in [-0.2, 0) is 6.42 Å². The molecule has 2 aromatic carbocycles. The van der Waals surface area contributed by atoms with Crippen LogP contribution < -0.4 is 5.56 Å². The molecule has 0 aliphatic carbocycles. The van der Waals surface area contributed by atoms with Gasteiger partial charge >= 0.3 is 0 Å². The van der Waals surface area contributed by atoms with Gasteiger partial charge in [-0.05, 0) is 65.2 Å². The molecule has 3 aromatic heterocycles. The van der Waals surface area contributed by atoms with Crippen LogP contribution in [0.1, 0.15) is 22.4 Å². The Labute approximate surface area is 206 Å². The van der Waals surface area contributed by atoms with Crippen molar-refractivity contribution in [2.45, 2.75) is 6.42 Å². The van der Waals surface area contributed by atoms with E-state index in [-0.39, 0.29) is 5.56 Å². The standard InChI is InChI=1S/C27H18Cl2N4O/c28-21-12-19(13-22(29)16-21)9-8-18-4-1-6-23(14-18)33-26-24(7-3-11-31-26)32-25(27(33)34)15-20-5-2-10-30-17-20/h1-14,16-17H,15H2. The third-order valence-electron chi connectivity index (χ3n) is 5.26. The van der Waals surface area contributed by atoms with Crippen molar-refractivity contribution in [3.8, 4) is 5.69 Å². The van der Waals surface area contributed by atoms with Gasteiger partial charge in [-0.2, -0.15) is 0 Å². The highest BCUT2D eigenvalue weighted by atomic mass is 35.5. The van der Waals surface area contributed by atoms with Gasteiger partial charge in [0.05, 0.1) is 5.69 Å². The molecule has 5 nitrogen and oxygen atoms in total. The predicted molar refractivity (Wildman–Crippen MR) is 138 cm³/mol. The molecule has 0 radical (unpaired) electrons. The van der Waals surface area contributed by atoms with Crippen molar-refractivity contribution < 1.29 is 0 Å². The highest BCUT2D eigenvalue weighted by Crippen LogP contribution is 2.22. The van der Waals surface area contributed by atoms with E-state index >= 15 is 0 Å². The van der Waals surface area contributed by atoms with Gasteiger partial charge in [-0.15, -0.1) is 0 Å². The van der Waals surface area contributed by atoms with Gasteiger partial charge in [-0.1, -0.05) is 53.6 Å². The second-order valence-electron chi connectivity index (χ2n) is 7.71. The van der Waals surface area contributed by atoms with Gasteiger partial charge in [0.2, 0.25) is 0 Å². The lowest BCUT2D eigenvalue weighted by molar-refractivity contribution is 0.924. The first-order chi connectivity index (χ1) is 16.6. The van der Waals surface area contributed by atoms with Crippen molar-refractivity contribution in [1.82, 2.24) is 19.5 Å². The van der Waals surface area contributed by atoms with E-state index in [2.05, 4.69) is 15.0 Å². The Balaban J connectivity index is 1.59. The molecule has 5 aromatic rings. The maximum absolute atomic E-state index is 13.5. The molecule has 0 bridgehead atoms. The summed E-state index contributed by atoms with van der Waals surface area (Å²) in [6.07, 6.45) is 9.36. The minimum Gasteiger partial charge on any atom is -0.267 e. The van der Waals surface area contributed by atoms with Crippen molar-refractivity contribution in [2.24, 2.45) is 0 Å². The molecule has 0 saturated heterocycles. The quantitative estimate of drug-likeness (QED) is 0.277. The Morgan fingerprint density at radius 3 is 2.44 bits per heavy atom. The summed E-state index contributed by atoms with van der Waals surface area (Å²) in [5, 5.41) is 1.14. The fourth-order valence-corrected chi connectivity index (χ4v) is 4.29. The highest BCUT2D eigenvalue weighted by Gasteiger charge is 2.14. The lowest BCUT2D eigenvalue weighted by atomic mass is 10.1. The van der Waals surface area contributed by atoms with E-state index in [4.69, 9.17) is 23.2 Å². The summed E-state index contributed by atoms with van der Waals surface area (Å²) in [4.78, 5) is 26.8. The second kappa shape index (κ2) is 9.59. The number of fused-ring (bicyclic) bond motifs is 1. The summed E-state index contributed by atoms with van der Waals surface area (Å²) < 4.78 is 1.61. The largest absolute Gasteiger partial charge is 0.278 e. The topological polar surface area (TPSA) is 60.7 Å². The molecule has 5 rings (SSSR count). The SMILES string of the molecule is O=c1c(Cc2cccnc2)nc2cccnc2n1-c1cccc(C=Cc2cc(Cl)cc(Cl)c2)c1. The van der Waals surface area contributed by atoms with E-state index < -0.39 is 0 Å². The van der Waals surface area contributed by atoms with Crippen LogP contribution in [0.3, 0.4) is 0 Å². The van der Waals surface area contributed by atoms with Gasteiger partial charge in [-0.25, -0.2) is 9.97 Å². The lowest BCUT2D eigenvalue weighted by Gasteiger charge is -2.12.